The Morgan fingerprint density at radius 1 is 1.50 bits per heavy atom. The van der Waals surface area contributed by atoms with Gasteiger partial charge in [-0.2, -0.15) is 9.51 Å². The van der Waals surface area contributed by atoms with Crippen LogP contribution in [0.4, 0.5) is 10.3 Å². The maximum atomic E-state index is 13.6. The molecule has 1 aliphatic rings. The molecular formula is C14H21FN5O6P2S2+. The molecule has 0 saturated carbocycles. The van der Waals surface area contributed by atoms with Crippen molar-refractivity contribution in [1.82, 2.24) is 19.5 Å². The largest absolute Gasteiger partial charge is 0.375 e. The van der Waals surface area contributed by atoms with Crippen molar-refractivity contribution >= 4 is 62.1 Å². The summed E-state index contributed by atoms with van der Waals surface area (Å²) in [6, 6.07) is 0. The van der Waals surface area contributed by atoms with Crippen LogP contribution in [0.25, 0.3) is 11.2 Å². The summed E-state index contributed by atoms with van der Waals surface area (Å²) in [5.41, 5.74) is 5.59. The number of rotatable bonds is 10. The van der Waals surface area contributed by atoms with Gasteiger partial charge in [0.05, 0.1) is 19.8 Å². The Bertz CT molecular complexity index is 963. The molecule has 30 heavy (non-hydrogen) atoms. The molecule has 0 aliphatic carbocycles. The average Bonchev–Trinajstić information content (AvgIpc) is 3.24. The third-order valence-electron chi connectivity index (χ3n) is 3.93. The highest BCUT2D eigenvalue weighted by Crippen LogP contribution is 2.46. The van der Waals surface area contributed by atoms with E-state index in [4.69, 9.17) is 28.8 Å². The molecule has 4 unspecified atom stereocenters. The van der Waals surface area contributed by atoms with E-state index in [0.717, 1.165) is 0 Å². The summed E-state index contributed by atoms with van der Waals surface area (Å²) >= 11 is 8.50. The van der Waals surface area contributed by atoms with Crippen molar-refractivity contribution < 1.29 is 27.4 Å². The van der Waals surface area contributed by atoms with Crippen molar-refractivity contribution in [1.29, 1.82) is 0 Å². The van der Waals surface area contributed by atoms with E-state index in [-0.39, 0.29) is 43.5 Å². The summed E-state index contributed by atoms with van der Waals surface area (Å²) in [6.45, 7) is -0.533. The van der Waals surface area contributed by atoms with Gasteiger partial charge in [0.2, 0.25) is 13.5 Å². The number of H-pyrrole nitrogens is 1. The zero-order valence-electron chi connectivity index (χ0n) is 15.8. The maximum absolute atomic E-state index is 13.6. The summed E-state index contributed by atoms with van der Waals surface area (Å²) < 4.78 is 41.8. The van der Waals surface area contributed by atoms with Gasteiger partial charge in [0.15, 0.2) is 17.3 Å². The molecule has 0 bridgehead atoms. The highest BCUT2D eigenvalue weighted by molar-refractivity contribution is 8.42. The predicted molar refractivity (Wildman–Crippen MR) is 119 cm³/mol. The van der Waals surface area contributed by atoms with Crippen LogP contribution in [-0.4, -0.2) is 64.7 Å². The van der Waals surface area contributed by atoms with Crippen LogP contribution in [-0.2, 0) is 36.2 Å². The number of hydrogen-bond donors (Lipinski definition) is 4. The van der Waals surface area contributed by atoms with E-state index in [9.17, 15) is 9.18 Å². The molecule has 3 heterocycles. The number of thiol groups is 2. The summed E-state index contributed by atoms with van der Waals surface area (Å²) in [7, 11) is -0.190. The first-order chi connectivity index (χ1) is 14.4. The zero-order chi connectivity index (χ0) is 21.7. The lowest BCUT2D eigenvalue weighted by Gasteiger charge is -2.17. The van der Waals surface area contributed by atoms with E-state index in [1.807, 2.05) is 0 Å². The SMILES string of the molecule is COC=[P+](S)OCCn1c(COP(S)OC2COCC2F)nc2c(=O)[nH]c(N)nc21. The van der Waals surface area contributed by atoms with Gasteiger partial charge >= 0.3 is 6.97 Å². The molecule has 11 nitrogen and oxygen atoms in total. The number of imidazole rings is 1. The van der Waals surface area contributed by atoms with E-state index >= 15 is 0 Å². The minimum absolute atomic E-state index is 0.0124. The summed E-state index contributed by atoms with van der Waals surface area (Å²) in [4.78, 5) is 23.1. The number of halogens is 1. The second-order valence-electron chi connectivity index (χ2n) is 5.99. The number of hydrogen-bond acceptors (Lipinski definition) is 11. The third kappa shape index (κ3) is 6.12. The fourth-order valence-corrected chi connectivity index (χ4v) is 4.91. The van der Waals surface area contributed by atoms with Crippen molar-refractivity contribution in [2.45, 2.75) is 25.4 Å². The van der Waals surface area contributed by atoms with Crippen LogP contribution >= 0.6 is 39.0 Å². The van der Waals surface area contributed by atoms with E-state index in [1.165, 1.54) is 13.1 Å². The molecular weight excluding hydrogens is 479 g/mol. The monoisotopic (exact) mass is 500 g/mol. The molecule has 0 radical (unpaired) electrons. The molecule has 3 rings (SSSR count). The van der Waals surface area contributed by atoms with Gasteiger partial charge in [-0.1, -0.05) is 12.2 Å². The predicted octanol–water partition coefficient (Wildman–Crippen LogP) is 1.79. The van der Waals surface area contributed by atoms with Gasteiger partial charge in [-0.25, -0.2) is 9.37 Å². The molecule has 1 aliphatic heterocycles. The van der Waals surface area contributed by atoms with Gasteiger partial charge in [0.25, 0.3) is 11.5 Å². The number of methoxy groups -OCH3 is 1. The average molecular weight is 500 g/mol. The lowest BCUT2D eigenvalue weighted by molar-refractivity contribution is 0.123. The van der Waals surface area contributed by atoms with Crippen molar-refractivity contribution in [3.05, 3.63) is 16.2 Å². The number of alkyl halides is 1. The molecule has 16 heteroatoms. The first-order valence-corrected chi connectivity index (χ1v) is 13.4. The fourth-order valence-electron chi connectivity index (χ4n) is 2.63. The topological polar surface area (TPSA) is 136 Å². The molecule has 2 aromatic heterocycles. The Kier molecular flexibility index (Phi) is 8.87. The molecule has 4 atom stereocenters. The normalized spacial score (nSPS) is 20.9. The minimum Gasteiger partial charge on any atom is -0.375 e. The van der Waals surface area contributed by atoms with Gasteiger partial charge in [0.1, 0.15) is 37.4 Å². The quantitative estimate of drug-likeness (QED) is 0.284. The Hall–Kier alpha value is -0.820. The standard InChI is InChI=1S/C14H20FN5O6P2S2/c1-22-7-27(29)24-3-2-20-10(17-11-12(20)18-14(16)19-13(11)21)6-25-28(30)26-9-5-23-4-8(9)15/h7-9,30H,2-6H2,1H3,(H3-,16,18,19,21,29)/p+1. The highest BCUT2D eigenvalue weighted by atomic mass is 32.7. The van der Waals surface area contributed by atoms with Crippen molar-refractivity contribution in [2.24, 2.45) is 0 Å². The van der Waals surface area contributed by atoms with E-state index in [1.54, 1.807) is 4.57 Å². The first kappa shape index (κ1) is 23.8. The van der Waals surface area contributed by atoms with Gasteiger partial charge in [-0.05, 0) is 0 Å². The van der Waals surface area contributed by atoms with E-state index in [2.05, 4.69) is 39.4 Å². The van der Waals surface area contributed by atoms with E-state index < -0.39 is 32.4 Å². The van der Waals surface area contributed by atoms with Crippen molar-refractivity contribution in [3.63, 3.8) is 0 Å². The van der Waals surface area contributed by atoms with Gasteiger partial charge in [-0.3, -0.25) is 9.78 Å². The molecule has 0 spiro atoms. The summed E-state index contributed by atoms with van der Waals surface area (Å²) in [5, 5.41) is 0. The maximum Gasteiger partial charge on any atom is 0.351 e. The first-order valence-electron chi connectivity index (χ1n) is 8.61. The minimum atomic E-state index is -1.70. The number of aromatic nitrogens is 4. The number of nitrogens with one attached hydrogen (secondary N) is 1. The van der Waals surface area contributed by atoms with Gasteiger partial charge in [-0.15, -0.1) is 0 Å². The molecule has 1 fully saturated rings. The summed E-state index contributed by atoms with van der Waals surface area (Å²) in [5.74, 6) is 1.83. The molecule has 1 saturated heterocycles. The Morgan fingerprint density at radius 2 is 2.30 bits per heavy atom. The number of fused-ring (bicyclic) bond motifs is 1. The molecule has 0 amide bonds. The number of nitrogen functional groups attached to an aromatic ring is 1. The molecule has 0 aromatic carbocycles. The van der Waals surface area contributed by atoms with Crippen LogP contribution in [0.15, 0.2) is 4.79 Å². The van der Waals surface area contributed by atoms with Crippen LogP contribution in [0.3, 0.4) is 0 Å². The fraction of sp³-hybridized carbons (Fsp3) is 0.571. The van der Waals surface area contributed by atoms with E-state index in [0.29, 0.717) is 12.4 Å². The highest BCUT2D eigenvalue weighted by Gasteiger charge is 2.31. The smallest absolute Gasteiger partial charge is 0.351 e. The number of nitrogens with two attached hydrogens (primary N) is 1. The van der Waals surface area contributed by atoms with Crippen LogP contribution in [0.2, 0.25) is 0 Å². The Morgan fingerprint density at radius 3 is 3.00 bits per heavy atom. The third-order valence-corrected chi connectivity index (χ3v) is 6.83. The van der Waals surface area contributed by atoms with Crippen LogP contribution in [0, 0.1) is 0 Å². The number of ether oxygens (including phenoxy) is 2. The lowest BCUT2D eigenvalue weighted by Crippen LogP contribution is -2.21. The number of anilines is 1. The van der Waals surface area contributed by atoms with Gasteiger partial charge < -0.3 is 28.8 Å². The van der Waals surface area contributed by atoms with Crippen molar-refractivity contribution in [2.75, 3.05) is 32.7 Å². The molecule has 2 aromatic rings. The second kappa shape index (κ2) is 11.2. The lowest BCUT2D eigenvalue weighted by atomic mass is 10.3. The van der Waals surface area contributed by atoms with Crippen LogP contribution < -0.4 is 11.3 Å². The second-order valence-corrected chi connectivity index (χ2v) is 10.2. The van der Waals surface area contributed by atoms with Crippen molar-refractivity contribution in [3.8, 4) is 0 Å². The zero-order valence-corrected chi connectivity index (χ0v) is 19.4. The Labute approximate surface area is 183 Å². The van der Waals surface area contributed by atoms with Crippen LogP contribution in [0.5, 0.6) is 0 Å². The molecule has 166 valence electrons. The summed E-state index contributed by atoms with van der Waals surface area (Å²) in [6.07, 6.45) is -1.95. The Balaban J connectivity index is 1.74. The van der Waals surface area contributed by atoms with Crippen LogP contribution in [0.1, 0.15) is 5.82 Å². The molecule has 3 N–H and O–H groups in total. The van der Waals surface area contributed by atoms with Gasteiger partial charge in [0, 0.05) is 7.11 Å². The number of aromatic amines is 1. The number of nitrogens with zero attached hydrogens (tertiary/aromatic N) is 3.